The summed E-state index contributed by atoms with van der Waals surface area (Å²) in [5, 5.41) is 0. The van der Waals surface area contributed by atoms with Crippen LogP contribution in [0.3, 0.4) is 0 Å². The van der Waals surface area contributed by atoms with Crippen LogP contribution in [0.15, 0.2) is 12.2 Å². The predicted octanol–water partition coefficient (Wildman–Crippen LogP) is 1.84. The highest BCUT2D eigenvalue weighted by molar-refractivity contribution is 5.85. The first-order valence-electron chi connectivity index (χ1n) is 4.82. The van der Waals surface area contributed by atoms with Crippen LogP contribution < -0.4 is 0 Å². The highest BCUT2D eigenvalue weighted by Gasteiger charge is 2.23. The molecule has 0 saturated carbocycles. The minimum Gasteiger partial charge on any atom is -0.457 e. The molecule has 0 saturated heterocycles. The van der Waals surface area contributed by atoms with Crippen LogP contribution in [0, 0.1) is 0 Å². The molecule has 4 heteroatoms. The van der Waals surface area contributed by atoms with E-state index in [4.69, 9.17) is 9.47 Å². The second-order valence-corrected chi connectivity index (χ2v) is 4.11. The molecule has 0 bridgehead atoms. The number of esters is 2. The molecule has 0 aliphatic carbocycles. The van der Waals surface area contributed by atoms with Gasteiger partial charge >= 0.3 is 11.9 Å². The fourth-order valence-corrected chi connectivity index (χ4v) is 0.782. The van der Waals surface area contributed by atoms with Gasteiger partial charge in [0.1, 0.15) is 5.60 Å². The van der Waals surface area contributed by atoms with E-state index in [9.17, 15) is 9.59 Å². The first-order valence-corrected chi connectivity index (χ1v) is 4.82. The number of hydrogen-bond donors (Lipinski definition) is 0. The Morgan fingerprint density at radius 1 is 1.27 bits per heavy atom. The van der Waals surface area contributed by atoms with E-state index < -0.39 is 23.6 Å². The van der Waals surface area contributed by atoms with Crippen LogP contribution in [-0.2, 0) is 19.1 Å². The lowest BCUT2D eigenvalue weighted by molar-refractivity contribution is -0.172. The van der Waals surface area contributed by atoms with Crippen molar-refractivity contribution in [3.63, 3.8) is 0 Å². The maximum absolute atomic E-state index is 11.4. The standard InChI is InChI=1S/C11H18O4/c1-6-7-9(12)14-8(2)10(13)15-11(3,4)5/h6-8H,1-5H3/b7-6+. The summed E-state index contributed by atoms with van der Waals surface area (Å²) in [6.45, 7) is 8.44. The zero-order chi connectivity index (χ0) is 12.1. The average molecular weight is 214 g/mol. The Hall–Kier alpha value is -1.32. The van der Waals surface area contributed by atoms with E-state index in [2.05, 4.69) is 0 Å². The highest BCUT2D eigenvalue weighted by atomic mass is 16.6. The molecule has 0 N–H and O–H groups in total. The third-order valence-electron chi connectivity index (χ3n) is 1.33. The predicted molar refractivity (Wildman–Crippen MR) is 56.2 cm³/mol. The lowest BCUT2D eigenvalue weighted by Crippen LogP contribution is -2.32. The molecular formula is C11H18O4. The van der Waals surface area contributed by atoms with Gasteiger partial charge < -0.3 is 9.47 Å². The van der Waals surface area contributed by atoms with Crippen molar-refractivity contribution >= 4 is 11.9 Å². The van der Waals surface area contributed by atoms with Crippen LogP contribution in [0.25, 0.3) is 0 Å². The van der Waals surface area contributed by atoms with Crippen LogP contribution in [-0.4, -0.2) is 23.6 Å². The summed E-state index contributed by atoms with van der Waals surface area (Å²) >= 11 is 0. The van der Waals surface area contributed by atoms with Crippen LogP contribution in [0.1, 0.15) is 34.6 Å². The fraction of sp³-hybridized carbons (Fsp3) is 0.636. The van der Waals surface area contributed by atoms with Crippen molar-refractivity contribution in [1.29, 1.82) is 0 Å². The van der Waals surface area contributed by atoms with Crippen molar-refractivity contribution in [2.24, 2.45) is 0 Å². The average Bonchev–Trinajstić information content (AvgIpc) is 2.00. The van der Waals surface area contributed by atoms with Gasteiger partial charge in [0.05, 0.1) is 0 Å². The molecule has 0 aromatic carbocycles. The molecule has 0 aliphatic heterocycles. The van der Waals surface area contributed by atoms with Crippen molar-refractivity contribution in [3.05, 3.63) is 12.2 Å². The van der Waals surface area contributed by atoms with Gasteiger partial charge in [-0.15, -0.1) is 0 Å². The van der Waals surface area contributed by atoms with E-state index in [1.54, 1.807) is 33.8 Å². The van der Waals surface area contributed by atoms with Gasteiger partial charge in [0.15, 0.2) is 6.10 Å². The van der Waals surface area contributed by atoms with Gasteiger partial charge in [0, 0.05) is 6.08 Å². The third kappa shape index (κ3) is 6.71. The molecule has 0 spiro atoms. The maximum atomic E-state index is 11.4. The molecule has 0 heterocycles. The normalized spacial score (nSPS) is 13.7. The second-order valence-electron chi connectivity index (χ2n) is 4.11. The summed E-state index contributed by atoms with van der Waals surface area (Å²) in [4.78, 5) is 22.4. The molecule has 0 aromatic rings. The Morgan fingerprint density at radius 2 is 1.80 bits per heavy atom. The topological polar surface area (TPSA) is 52.6 Å². The number of allylic oxidation sites excluding steroid dienone is 1. The summed E-state index contributed by atoms with van der Waals surface area (Å²) in [6.07, 6.45) is 1.92. The van der Waals surface area contributed by atoms with E-state index in [-0.39, 0.29) is 0 Å². The third-order valence-corrected chi connectivity index (χ3v) is 1.33. The van der Waals surface area contributed by atoms with E-state index >= 15 is 0 Å². The van der Waals surface area contributed by atoms with Gasteiger partial charge in [-0.3, -0.25) is 0 Å². The molecule has 0 aliphatic rings. The Labute approximate surface area is 90.2 Å². The molecule has 0 amide bonds. The number of carbonyl (C=O) groups excluding carboxylic acids is 2. The molecule has 15 heavy (non-hydrogen) atoms. The molecule has 0 fully saturated rings. The quantitative estimate of drug-likeness (QED) is 0.531. The van der Waals surface area contributed by atoms with Crippen LogP contribution in [0.4, 0.5) is 0 Å². The minimum atomic E-state index is -0.882. The van der Waals surface area contributed by atoms with Gasteiger partial charge in [-0.05, 0) is 34.6 Å². The van der Waals surface area contributed by atoms with Gasteiger partial charge in [0.25, 0.3) is 0 Å². The summed E-state index contributed by atoms with van der Waals surface area (Å²) in [6, 6.07) is 0. The Morgan fingerprint density at radius 3 is 2.20 bits per heavy atom. The zero-order valence-corrected chi connectivity index (χ0v) is 9.87. The molecule has 1 unspecified atom stereocenters. The molecule has 86 valence electrons. The first kappa shape index (κ1) is 13.7. The highest BCUT2D eigenvalue weighted by Crippen LogP contribution is 2.09. The second kappa shape index (κ2) is 5.53. The van der Waals surface area contributed by atoms with E-state index in [0.29, 0.717) is 0 Å². The molecular weight excluding hydrogens is 196 g/mol. The van der Waals surface area contributed by atoms with E-state index in [1.165, 1.54) is 13.0 Å². The Balaban J connectivity index is 4.16. The van der Waals surface area contributed by atoms with Gasteiger partial charge in [-0.1, -0.05) is 6.08 Å². The first-order chi connectivity index (χ1) is 6.76. The molecule has 0 aromatic heterocycles. The van der Waals surface area contributed by atoms with Crippen LogP contribution >= 0.6 is 0 Å². The smallest absolute Gasteiger partial charge is 0.347 e. The van der Waals surface area contributed by atoms with E-state index in [0.717, 1.165) is 0 Å². The Kier molecular flexibility index (Phi) is 5.05. The Bertz CT molecular complexity index is 260. The molecule has 4 nitrogen and oxygen atoms in total. The lowest BCUT2D eigenvalue weighted by Gasteiger charge is -2.21. The van der Waals surface area contributed by atoms with Crippen molar-refractivity contribution in [3.8, 4) is 0 Å². The van der Waals surface area contributed by atoms with Crippen molar-refractivity contribution in [2.45, 2.75) is 46.3 Å². The summed E-state index contributed by atoms with van der Waals surface area (Å²) < 4.78 is 9.84. The number of hydrogen-bond acceptors (Lipinski definition) is 4. The van der Waals surface area contributed by atoms with Gasteiger partial charge in [-0.2, -0.15) is 0 Å². The number of ether oxygens (including phenoxy) is 2. The molecule has 1 atom stereocenters. The summed E-state index contributed by atoms with van der Waals surface area (Å²) in [5.74, 6) is -1.09. The summed E-state index contributed by atoms with van der Waals surface area (Å²) in [7, 11) is 0. The number of rotatable bonds is 3. The number of carbonyl (C=O) groups is 2. The van der Waals surface area contributed by atoms with Crippen molar-refractivity contribution < 1.29 is 19.1 Å². The zero-order valence-electron chi connectivity index (χ0n) is 9.87. The van der Waals surface area contributed by atoms with Gasteiger partial charge in [-0.25, -0.2) is 9.59 Å². The maximum Gasteiger partial charge on any atom is 0.347 e. The van der Waals surface area contributed by atoms with E-state index in [1.807, 2.05) is 0 Å². The monoisotopic (exact) mass is 214 g/mol. The molecule has 0 rings (SSSR count). The van der Waals surface area contributed by atoms with Crippen LogP contribution in [0.2, 0.25) is 0 Å². The van der Waals surface area contributed by atoms with Crippen molar-refractivity contribution in [1.82, 2.24) is 0 Å². The largest absolute Gasteiger partial charge is 0.457 e. The summed E-state index contributed by atoms with van der Waals surface area (Å²) in [5.41, 5.74) is -0.571. The van der Waals surface area contributed by atoms with Crippen LogP contribution in [0.5, 0.6) is 0 Å². The molecule has 0 radical (unpaired) electrons. The van der Waals surface area contributed by atoms with Crippen molar-refractivity contribution in [2.75, 3.05) is 0 Å². The SMILES string of the molecule is C/C=C/C(=O)OC(C)C(=O)OC(C)(C)C. The van der Waals surface area contributed by atoms with Gasteiger partial charge in [0.2, 0.25) is 0 Å². The minimum absolute atomic E-state index is 0.541. The lowest BCUT2D eigenvalue weighted by atomic mass is 10.2. The fourth-order valence-electron chi connectivity index (χ4n) is 0.782.